The summed E-state index contributed by atoms with van der Waals surface area (Å²) >= 11 is 0. The maximum Gasteiger partial charge on any atom is 0.123 e. The molecule has 0 radical (unpaired) electrons. The number of hydrogen-bond donors (Lipinski definition) is 1. The molecule has 0 aliphatic carbocycles. The molecule has 88 valence electrons. The largest absolute Gasteiger partial charge is 0.494 e. The molecule has 1 fully saturated rings. The minimum absolute atomic E-state index is 0.153. The van der Waals surface area contributed by atoms with Crippen molar-refractivity contribution >= 4 is 0 Å². The third kappa shape index (κ3) is 2.74. The van der Waals surface area contributed by atoms with E-state index >= 15 is 0 Å². The van der Waals surface area contributed by atoms with Crippen molar-refractivity contribution in [3.05, 3.63) is 29.8 Å². The van der Waals surface area contributed by atoms with Crippen molar-refractivity contribution in [2.45, 2.75) is 26.0 Å². The first kappa shape index (κ1) is 11.4. The van der Waals surface area contributed by atoms with Crippen LogP contribution in [0.25, 0.3) is 0 Å². The van der Waals surface area contributed by atoms with Crippen LogP contribution >= 0.6 is 0 Å². The highest BCUT2D eigenvalue weighted by Crippen LogP contribution is 2.21. The number of nitrogens with zero attached hydrogens (tertiary/aromatic N) is 1. The molecule has 1 aromatic rings. The highest BCUT2D eigenvalue weighted by atomic mass is 16.5. The van der Waals surface area contributed by atoms with Gasteiger partial charge in [0.25, 0.3) is 0 Å². The highest BCUT2D eigenvalue weighted by molar-refractivity contribution is 5.33. The van der Waals surface area contributed by atoms with Crippen molar-refractivity contribution in [1.29, 1.82) is 0 Å². The lowest BCUT2D eigenvalue weighted by atomic mass is 10.2. The lowest BCUT2D eigenvalue weighted by molar-refractivity contribution is 0.174. The van der Waals surface area contributed by atoms with Gasteiger partial charge in [-0.05, 0) is 19.4 Å². The van der Waals surface area contributed by atoms with Crippen LogP contribution in [0.5, 0.6) is 5.75 Å². The molecular formula is C13H19NO2. The molecule has 0 saturated carbocycles. The van der Waals surface area contributed by atoms with Crippen molar-refractivity contribution in [3.8, 4) is 5.75 Å². The third-order valence-electron chi connectivity index (χ3n) is 2.91. The molecule has 0 amide bonds. The van der Waals surface area contributed by atoms with Crippen molar-refractivity contribution in [2.75, 3.05) is 19.7 Å². The van der Waals surface area contributed by atoms with Gasteiger partial charge in [0.05, 0.1) is 12.7 Å². The van der Waals surface area contributed by atoms with Crippen LogP contribution < -0.4 is 4.74 Å². The number of para-hydroxylation sites is 1. The van der Waals surface area contributed by atoms with Gasteiger partial charge in [-0.15, -0.1) is 0 Å². The summed E-state index contributed by atoms with van der Waals surface area (Å²) in [5.74, 6) is 0.964. The Hall–Kier alpha value is -1.06. The SMILES string of the molecule is CCOc1ccccc1CN1CCC(O)C1. The maximum atomic E-state index is 9.48. The fourth-order valence-electron chi connectivity index (χ4n) is 2.13. The summed E-state index contributed by atoms with van der Waals surface area (Å²) in [7, 11) is 0. The minimum Gasteiger partial charge on any atom is -0.494 e. The normalized spacial score (nSPS) is 21.2. The van der Waals surface area contributed by atoms with Gasteiger partial charge in [-0.25, -0.2) is 0 Å². The zero-order chi connectivity index (χ0) is 11.4. The van der Waals surface area contributed by atoms with E-state index < -0.39 is 0 Å². The molecule has 1 aliphatic heterocycles. The number of hydrogen-bond acceptors (Lipinski definition) is 3. The lowest BCUT2D eigenvalue weighted by Gasteiger charge is -2.17. The van der Waals surface area contributed by atoms with Gasteiger partial charge in [0, 0.05) is 25.2 Å². The predicted octanol–water partition coefficient (Wildman–Crippen LogP) is 1.65. The second-order valence-corrected chi connectivity index (χ2v) is 4.22. The first-order valence-corrected chi connectivity index (χ1v) is 5.90. The summed E-state index contributed by atoms with van der Waals surface area (Å²) in [5, 5.41) is 9.48. The number of benzene rings is 1. The second kappa shape index (κ2) is 5.32. The summed E-state index contributed by atoms with van der Waals surface area (Å²) in [4.78, 5) is 2.27. The zero-order valence-corrected chi connectivity index (χ0v) is 9.72. The van der Waals surface area contributed by atoms with E-state index in [1.807, 2.05) is 25.1 Å². The van der Waals surface area contributed by atoms with E-state index in [0.717, 1.165) is 31.8 Å². The van der Waals surface area contributed by atoms with Gasteiger partial charge in [-0.2, -0.15) is 0 Å². The quantitative estimate of drug-likeness (QED) is 0.839. The fourth-order valence-corrected chi connectivity index (χ4v) is 2.13. The Kier molecular flexibility index (Phi) is 3.80. The Morgan fingerprint density at radius 2 is 2.25 bits per heavy atom. The predicted molar refractivity (Wildman–Crippen MR) is 63.5 cm³/mol. The summed E-state index contributed by atoms with van der Waals surface area (Å²) in [6.07, 6.45) is 0.732. The average molecular weight is 221 g/mol. The van der Waals surface area contributed by atoms with Crippen LogP contribution in [0.2, 0.25) is 0 Å². The number of aliphatic hydroxyl groups is 1. The Morgan fingerprint density at radius 3 is 2.94 bits per heavy atom. The van der Waals surface area contributed by atoms with Crippen LogP contribution in [0.3, 0.4) is 0 Å². The van der Waals surface area contributed by atoms with Gasteiger partial charge < -0.3 is 9.84 Å². The highest BCUT2D eigenvalue weighted by Gasteiger charge is 2.20. The summed E-state index contributed by atoms with van der Waals surface area (Å²) in [5.41, 5.74) is 1.21. The first-order chi connectivity index (χ1) is 7.79. The Bertz CT molecular complexity index is 340. The molecule has 1 aliphatic rings. The van der Waals surface area contributed by atoms with Crippen LogP contribution in [-0.2, 0) is 6.54 Å². The second-order valence-electron chi connectivity index (χ2n) is 4.22. The van der Waals surface area contributed by atoms with Crippen molar-refractivity contribution in [1.82, 2.24) is 4.90 Å². The molecule has 1 atom stereocenters. The summed E-state index contributed by atoms with van der Waals surface area (Å²) < 4.78 is 5.58. The Morgan fingerprint density at radius 1 is 1.44 bits per heavy atom. The third-order valence-corrected chi connectivity index (χ3v) is 2.91. The summed E-state index contributed by atoms with van der Waals surface area (Å²) in [6.45, 7) is 5.31. The first-order valence-electron chi connectivity index (χ1n) is 5.90. The maximum absolute atomic E-state index is 9.48. The van der Waals surface area contributed by atoms with Crippen molar-refractivity contribution in [2.24, 2.45) is 0 Å². The molecule has 1 unspecified atom stereocenters. The Labute approximate surface area is 96.6 Å². The van der Waals surface area contributed by atoms with E-state index in [2.05, 4.69) is 11.0 Å². The molecule has 0 spiro atoms. The number of likely N-dealkylation sites (tertiary alicyclic amines) is 1. The van der Waals surface area contributed by atoms with Gasteiger partial charge in [0.15, 0.2) is 0 Å². The molecule has 2 rings (SSSR count). The number of ether oxygens (including phenoxy) is 1. The average Bonchev–Trinajstić information content (AvgIpc) is 2.67. The molecule has 3 heteroatoms. The lowest BCUT2D eigenvalue weighted by Crippen LogP contribution is -2.21. The molecule has 1 saturated heterocycles. The smallest absolute Gasteiger partial charge is 0.123 e. The molecule has 0 bridgehead atoms. The zero-order valence-electron chi connectivity index (χ0n) is 9.72. The molecule has 1 N–H and O–H groups in total. The Balaban J connectivity index is 2.02. The summed E-state index contributed by atoms with van der Waals surface area (Å²) in [6, 6.07) is 8.12. The van der Waals surface area contributed by atoms with E-state index in [1.54, 1.807) is 0 Å². The number of aliphatic hydroxyl groups excluding tert-OH is 1. The molecular weight excluding hydrogens is 202 g/mol. The van der Waals surface area contributed by atoms with Crippen LogP contribution in [0, 0.1) is 0 Å². The molecule has 1 heterocycles. The van der Waals surface area contributed by atoms with Crippen LogP contribution in [0.1, 0.15) is 18.9 Å². The van der Waals surface area contributed by atoms with Crippen LogP contribution in [0.4, 0.5) is 0 Å². The molecule has 16 heavy (non-hydrogen) atoms. The van der Waals surface area contributed by atoms with Crippen LogP contribution in [0.15, 0.2) is 24.3 Å². The number of rotatable bonds is 4. The van der Waals surface area contributed by atoms with Crippen molar-refractivity contribution in [3.63, 3.8) is 0 Å². The van der Waals surface area contributed by atoms with Gasteiger partial charge in [0.1, 0.15) is 5.75 Å². The van der Waals surface area contributed by atoms with E-state index in [9.17, 15) is 5.11 Å². The monoisotopic (exact) mass is 221 g/mol. The van der Waals surface area contributed by atoms with Gasteiger partial charge >= 0.3 is 0 Å². The minimum atomic E-state index is -0.153. The van der Waals surface area contributed by atoms with Gasteiger partial charge in [-0.3, -0.25) is 4.90 Å². The van der Waals surface area contributed by atoms with E-state index in [-0.39, 0.29) is 6.10 Å². The van der Waals surface area contributed by atoms with E-state index in [4.69, 9.17) is 4.74 Å². The van der Waals surface area contributed by atoms with E-state index in [1.165, 1.54) is 5.56 Å². The van der Waals surface area contributed by atoms with E-state index in [0.29, 0.717) is 6.61 Å². The number of β-amino-alcohol motifs (C(OH)–C–C–N with tert-alkyl or cyclic N) is 1. The molecule has 1 aromatic carbocycles. The fraction of sp³-hybridized carbons (Fsp3) is 0.538. The van der Waals surface area contributed by atoms with Gasteiger partial charge in [0.2, 0.25) is 0 Å². The van der Waals surface area contributed by atoms with Crippen molar-refractivity contribution < 1.29 is 9.84 Å². The topological polar surface area (TPSA) is 32.7 Å². The van der Waals surface area contributed by atoms with Crippen LogP contribution in [-0.4, -0.2) is 35.8 Å². The van der Waals surface area contributed by atoms with Gasteiger partial charge in [-0.1, -0.05) is 18.2 Å². The molecule has 0 aromatic heterocycles. The molecule has 3 nitrogen and oxygen atoms in total. The standard InChI is InChI=1S/C13H19NO2/c1-2-16-13-6-4-3-5-11(13)9-14-8-7-12(15)10-14/h3-6,12,15H,2,7-10H2,1H3.